The third-order valence-electron chi connectivity index (χ3n) is 4.51. The van der Waals surface area contributed by atoms with Gasteiger partial charge in [-0.05, 0) is 60.2 Å². The molecule has 0 spiro atoms. The second kappa shape index (κ2) is 6.96. The van der Waals surface area contributed by atoms with E-state index in [-0.39, 0.29) is 11.8 Å². The van der Waals surface area contributed by atoms with Crippen LogP contribution in [-0.2, 0) is 11.2 Å². The smallest absolute Gasteiger partial charge is 0.255 e. The highest BCUT2D eigenvalue weighted by molar-refractivity contribution is 6.05. The molecule has 0 aromatic heterocycles. The molecule has 2 amide bonds. The Balaban J connectivity index is 1.44. The van der Waals surface area contributed by atoms with Crippen molar-refractivity contribution in [2.24, 2.45) is 0 Å². The van der Waals surface area contributed by atoms with Crippen molar-refractivity contribution in [2.45, 2.75) is 6.42 Å². The Morgan fingerprint density at radius 3 is 2.41 bits per heavy atom. The van der Waals surface area contributed by atoms with Crippen LogP contribution in [0.5, 0.6) is 11.5 Å². The molecule has 0 atom stereocenters. The van der Waals surface area contributed by atoms with Crippen LogP contribution in [0.15, 0.2) is 72.8 Å². The summed E-state index contributed by atoms with van der Waals surface area (Å²) in [6.07, 6.45) is 0.362. The zero-order valence-electron chi connectivity index (χ0n) is 14.8. The number of ether oxygens (including phenoxy) is 1. The van der Waals surface area contributed by atoms with Gasteiger partial charge in [-0.2, -0.15) is 0 Å². The van der Waals surface area contributed by atoms with Crippen LogP contribution in [0, 0.1) is 0 Å². The number of para-hydroxylation sites is 1. The third kappa shape index (κ3) is 3.53. The highest BCUT2D eigenvalue weighted by atomic mass is 16.5. The number of carbonyl (C=O) groups excluding carboxylic acids is 2. The highest BCUT2D eigenvalue weighted by Gasteiger charge is 2.24. The van der Waals surface area contributed by atoms with Crippen molar-refractivity contribution < 1.29 is 14.3 Å². The van der Waals surface area contributed by atoms with E-state index >= 15 is 0 Å². The standard InChI is InChI=1S/C22H18N2O3/c1-24-20-12-9-17(13-16(20)14-21(24)25)23-22(26)15-7-10-19(11-8-15)27-18-5-3-2-4-6-18/h2-13H,14H2,1H3,(H,23,26). The highest BCUT2D eigenvalue weighted by Crippen LogP contribution is 2.30. The van der Waals surface area contributed by atoms with Crippen LogP contribution in [0.1, 0.15) is 15.9 Å². The summed E-state index contributed by atoms with van der Waals surface area (Å²) < 4.78 is 5.73. The molecular formula is C22H18N2O3. The van der Waals surface area contributed by atoms with Gasteiger partial charge in [-0.15, -0.1) is 0 Å². The van der Waals surface area contributed by atoms with Gasteiger partial charge < -0.3 is 15.0 Å². The van der Waals surface area contributed by atoms with Gasteiger partial charge in [0, 0.05) is 24.0 Å². The quantitative estimate of drug-likeness (QED) is 0.758. The number of nitrogens with zero attached hydrogens (tertiary/aromatic N) is 1. The molecular weight excluding hydrogens is 340 g/mol. The molecule has 134 valence electrons. The lowest BCUT2D eigenvalue weighted by molar-refractivity contribution is -0.117. The molecule has 0 saturated carbocycles. The van der Waals surface area contributed by atoms with E-state index in [0.29, 0.717) is 23.4 Å². The average Bonchev–Trinajstić information content (AvgIpc) is 2.96. The number of hydrogen-bond donors (Lipinski definition) is 1. The Morgan fingerprint density at radius 2 is 1.67 bits per heavy atom. The van der Waals surface area contributed by atoms with Gasteiger partial charge in [0.25, 0.3) is 5.91 Å². The normalized spacial score (nSPS) is 12.6. The minimum absolute atomic E-state index is 0.0579. The summed E-state index contributed by atoms with van der Waals surface area (Å²) in [6.45, 7) is 0. The lowest BCUT2D eigenvalue weighted by atomic mass is 10.1. The van der Waals surface area contributed by atoms with Crippen LogP contribution in [0.25, 0.3) is 0 Å². The van der Waals surface area contributed by atoms with E-state index in [0.717, 1.165) is 17.0 Å². The van der Waals surface area contributed by atoms with E-state index in [9.17, 15) is 9.59 Å². The molecule has 0 aliphatic carbocycles. The largest absolute Gasteiger partial charge is 0.457 e. The molecule has 0 fully saturated rings. The third-order valence-corrected chi connectivity index (χ3v) is 4.51. The molecule has 3 aromatic rings. The molecule has 3 aromatic carbocycles. The van der Waals surface area contributed by atoms with Crippen molar-refractivity contribution >= 4 is 23.2 Å². The first-order valence-electron chi connectivity index (χ1n) is 8.64. The van der Waals surface area contributed by atoms with Crippen molar-refractivity contribution in [3.8, 4) is 11.5 Å². The fourth-order valence-corrected chi connectivity index (χ4v) is 3.05. The second-order valence-corrected chi connectivity index (χ2v) is 6.37. The molecule has 0 radical (unpaired) electrons. The molecule has 0 saturated heterocycles. The zero-order chi connectivity index (χ0) is 18.8. The maximum atomic E-state index is 12.5. The van der Waals surface area contributed by atoms with E-state index in [2.05, 4.69) is 5.32 Å². The van der Waals surface area contributed by atoms with E-state index in [1.54, 1.807) is 42.3 Å². The average molecular weight is 358 g/mol. The Labute approximate surface area is 157 Å². The van der Waals surface area contributed by atoms with Crippen LogP contribution in [0.4, 0.5) is 11.4 Å². The Bertz CT molecular complexity index is 998. The predicted molar refractivity (Wildman–Crippen MR) is 104 cm³/mol. The molecule has 1 N–H and O–H groups in total. The monoisotopic (exact) mass is 358 g/mol. The van der Waals surface area contributed by atoms with Gasteiger partial charge in [-0.1, -0.05) is 18.2 Å². The van der Waals surface area contributed by atoms with Crippen LogP contribution in [-0.4, -0.2) is 18.9 Å². The van der Waals surface area contributed by atoms with E-state index in [4.69, 9.17) is 4.74 Å². The van der Waals surface area contributed by atoms with Gasteiger partial charge in [0.2, 0.25) is 5.91 Å². The number of amides is 2. The summed E-state index contributed by atoms with van der Waals surface area (Å²) in [5, 5.41) is 2.88. The van der Waals surface area contributed by atoms with Gasteiger partial charge in [0.05, 0.1) is 6.42 Å². The van der Waals surface area contributed by atoms with Crippen molar-refractivity contribution in [1.29, 1.82) is 0 Å². The Hall–Kier alpha value is -3.60. The zero-order valence-corrected chi connectivity index (χ0v) is 14.8. The number of nitrogens with one attached hydrogen (secondary N) is 1. The molecule has 5 heteroatoms. The number of rotatable bonds is 4. The van der Waals surface area contributed by atoms with Crippen molar-refractivity contribution in [3.05, 3.63) is 83.9 Å². The Morgan fingerprint density at radius 1 is 0.963 bits per heavy atom. The lowest BCUT2D eigenvalue weighted by Crippen LogP contribution is -2.20. The van der Waals surface area contributed by atoms with E-state index in [1.807, 2.05) is 42.5 Å². The number of carbonyl (C=O) groups is 2. The molecule has 0 bridgehead atoms. The first-order valence-corrected chi connectivity index (χ1v) is 8.64. The number of benzene rings is 3. The SMILES string of the molecule is CN1C(=O)Cc2cc(NC(=O)c3ccc(Oc4ccccc4)cc3)ccc21. The van der Waals surface area contributed by atoms with Crippen molar-refractivity contribution in [1.82, 2.24) is 0 Å². The van der Waals surface area contributed by atoms with Crippen LogP contribution in [0.2, 0.25) is 0 Å². The molecule has 5 nitrogen and oxygen atoms in total. The lowest BCUT2D eigenvalue weighted by Gasteiger charge is -2.11. The molecule has 1 aliphatic heterocycles. The van der Waals surface area contributed by atoms with Gasteiger partial charge in [0.15, 0.2) is 0 Å². The van der Waals surface area contributed by atoms with Gasteiger partial charge in [-0.3, -0.25) is 9.59 Å². The fraction of sp³-hybridized carbons (Fsp3) is 0.0909. The topological polar surface area (TPSA) is 58.6 Å². The molecule has 1 aliphatic rings. The second-order valence-electron chi connectivity index (χ2n) is 6.37. The molecule has 1 heterocycles. The van der Waals surface area contributed by atoms with Gasteiger partial charge in [-0.25, -0.2) is 0 Å². The van der Waals surface area contributed by atoms with E-state index in [1.165, 1.54) is 0 Å². The maximum absolute atomic E-state index is 12.5. The summed E-state index contributed by atoms with van der Waals surface area (Å²) in [5.74, 6) is 1.26. The van der Waals surface area contributed by atoms with Crippen LogP contribution < -0.4 is 15.0 Å². The van der Waals surface area contributed by atoms with Crippen molar-refractivity contribution in [3.63, 3.8) is 0 Å². The number of likely N-dealkylation sites (N-methyl/N-ethyl adjacent to an activating group) is 1. The Kier molecular flexibility index (Phi) is 4.34. The number of hydrogen-bond acceptors (Lipinski definition) is 3. The summed E-state index contributed by atoms with van der Waals surface area (Å²) in [6, 6.07) is 21.9. The minimum Gasteiger partial charge on any atom is -0.457 e. The van der Waals surface area contributed by atoms with Crippen LogP contribution >= 0.6 is 0 Å². The number of fused-ring (bicyclic) bond motifs is 1. The van der Waals surface area contributed by atoms with Gasteiger partial charge >= 0.3 is 0 Å². The summed E-state index contributed by atoms with van der Waals surface area (Å²) in [7, 11) is 1.76. The summed E-state index contributed by atoms with van der Waals surface area (Å²) in [5.41, 5.74) is 3.02. The van der Waals surface area contributed by atoms with Gasteiger partial charge in [0.1, 0.15) is 11.5 Å². The molecule has 27 heavy (non-hydrogen) atoms. The van der Waals surface area contributed by atoms with Crippen LogP contribution in [0.3, 0.4) is 0 Å². The maximum Gasteiger partial charge on any atom is 0.255 e. The number of anilines is 2. The first-order chi connectivity index (χ1) is 13.1. The first kappa shape index (κ1) is 16.8. The predicted octanol–water partition coefficient (Wildman–Crippen LogP) is 4.25. The summed E-state index contributed by atoms with van der Waals surface area (Å²) in [4.78, 5) is 25.9. The van der Waals surface area contributed by atoms with Crippen molar-refractivity contribution in [2.75, 3.05) is 17.3 Å². The molecule has 4 rings (SSSR count). The van der Waals surface area contributed by atoms with E-state index < -0.39 is 0 Å². The molecule has 0 unspecified atom stereocenters. The summed E-state index contributed by atoms with van der Waals surface area (Å²) >= 11 is 0. The minimum atomic E-state index is -0.209. The fourth-order valence-electron chi connectivity index (χ4n) is 3.05.